The predicted molar refractivity (Wildman–Crippen MR) is 79.9 cm³/mol. The number of nitrogens with zero attached hydrogens (tertiary/aromatic N) is 1. The van der Waals surface area contributed by atoms with E-state index < -0.39 is 8.07 Å². The molecule has 96 valence electrons. The smallest absolute Gasteiger partial charge is 0.123 e. The first-order valence-electron chi connectivity index (χ1n) is 6.18. The van der Waals surface area contributed by atoms with Crippen molar-refractivity contribution in [1.82, 2.24) is 4.98 Å². The summed E-state index contributed by atoms with van der Waals surface area (Å²) >= 11 is 1.82. The molecule has 18 heavy (non-hydrogen) atoms. The Morgan fingerprint density at radius 1 is 1.17 bits per heavy atom. The molecule has 1 nitrogen and oxygen atoms in total. The van der Waals surface area contributed by atoms with Crippen molar-refractivity contribution in [3.05, 3.63) is 35.1 Å². The van der Waals surface area contributed by atoms with Gasteiger partial charge in [-0.3, -0.25) is 0 Å². The Kier molecular flexibility index (Phi) is 3.68. The number of aryl methyl sites for hydroxylation is 1. The lowest BCUT2D eigenvalue weighted by Crippen LogP contribution is -2.36. The Hall–Kier alpha value is -1.00. The van der Waals surface area contributed by atoms with Gasteiger partial charge in [0.25, 0.3) is 0 Å². The molecule has 4 heteroatoms. The van der Waals surface area contributed by atoms with Crippen LogP contribution in [0.3, 0.4) is 0 Å². The Balaban J connectivity index is 2.55. The van der Waals surface area contributed by atoms with Crippen molar-refractivity contribution < 1.29 is 4.39 Å². The van der Waals surface area contributed by atoms with Crippen molar-refractivity contribution in [3.63, 3.8) is 0 Å². The molecule has 0 saturated heterocycles. The van der Waals surface area contributed by atoms with Crippen molar-refractivity contribution in [2.24, 2.45) is 0 Å². The van der Waals surface area contributed by atoms with E-state index in [0.717, 1.165) is 17.7 Å². The quantitative estimate of drug-likeness (QED) is 0.772. The van der Waals surface area contributed by atoms with E-state index >= 15 is 0 Å². The molecule has 2 aromatic rings. The molecule has 0 bridgehead atoms. The number of thiazole rings is 1. The van der Waals surface area contributed by atoms with Gasteiger partial charge in [-0.15, -0.1) is 11.3 Å². The second-order valence-electron chi connectivity index (χ2n) is 5.40. The first-order valence-corrected chi connectivity index (χ1v) is 10.5. The van der Waals surface area contributed by atoms with Crippen molar-refractivity contribution >= 4 is 23.9 Å². The van der Waals surface area contributed by atoms with E-state index in [0.29, 0.717) is 0 Å². The van der Waals surface area contributed by atoms with Gasteiger partial charge in [-0.1, -0.05) is 26.6 Å². The average molecular weight is 279 g/mol. The highest BCUT2D eigenvalue weighted by Gasteiger charge is 2.25. The van der Waals surface area contributed by atoms with Crippen LogP contribution >= 0.6 is 11.3 Å². The van der Waals surface area contributed by atoms with Crippen LogP contribution in [0.2, 0.25) is 19.6 Å². The van der Waals surface area contributed by atoms with Crippen LogP contribution in [-0.2, 0) is 6.42 Å². The van der Waals surface area contributed by atoms with Crippen LogP contribution in [0.25, 0.3) is 11.3 Å². The molecule has 0 saturated carbocycles. The molecule has 0 amide bonds. The summed E-state index contributed by atoms with van der Waals surface area (Å²) in [6.07, 6.45) is 0.962. The number of aromatic nitrogens is 1. The van der Waals surface area contributed by atoms with Crippen LogP contribution in [0.5, 0.6) is 0 Å². The summed E-state index contributed by atoms with van der Waals surface area (Å²) in [6, 6.07) is 6.67. The summed E-state index contributed by atoms with van der Waals surface area (Å²) in [5.74, 6) is -0.195. The van der Waals surface area contributed by atoms with E-state index in [9.17, 15) is 4.39 Å². The largest absolute Gasteiger partial charge is 0.241 e. The molecule has 1 aromatic heterocycles. The highest BCUT2D eigenvalue weighted by Crippen LogP contribution is 2.24. The normalized spacial score (nSPS) is 11.8. The monoisotopic (exact) mass is 279 g/mol. The molecule has 0 radical (unpaired) electrons. The lowest BCUT2D eigenvalue weighted by Gasteiger charge is -2.15. The van der Waals surface area contributed by atoms with E-state index in [1.807, 2.05) is 23.5 Å². The second-order valence-corrected chi connectivity index (χ2v) is 11.8. The number of halogens is 1. The van der Waals surface area contributed by atoms with E-state index in [4.69, 9.17) is 4.98 Å². The third kappa shape index (κ3) is 2.70. The first-order chi connectivity index (χ1) is 8.41. The summed E-state index contributed by atoms with van der Waals surface area (Å²) in [5, 5.41) is 1.17. The molecule has 1 aromatic carbocycles. The number of benzene rings is 1. The van der Waals surface area contributed by atoms with E-state index in [-0.39, 0.29) is 5.82 Å². The molecular formula is C14H18FNSSi. The minimum absolute atomic E-state index is 0.195. The molecule has 0 atom stereocenters. The van der Waals surface area contributed by atoms with Crippen LogP contribution < -0.4 is 4.50 Å². The van der Waals surface area contributed by atoms with Gasteiger partial charge >= 0.3 is 0 Å². The topological polar surface area (TPSA) is 12.9 Å². The molecule has 0 fully saturated rings. The van der Waals surface area contributed by atoms with Crippen LogP contribution in [0.15, 0.2) is 24.3 Å². The van der Waals surface area contributed by atoms with Crippen LogP contribution in [0.4, 0.5) is 4.39 Å². The van der Waals surface area contributed by atoms with Crippen molar-refractivity contribution in [2.45, 2.75) is 33.0 Å². The van der Waals surface area contributed by atoms with E-state index in [1.165, 1.54) is 21.6 Å². The van der Waals surface area contributed by atoms with Crippen LogP contribution in [0.1, 0.15) is 11.9 Å². The Morgan fingerprint density at radius 2 is 1.78 bits per heavy atom. The van der Waals surface area contributed by atoms with Gasteiger partial charge in [-0.2, -0.15) is 0 Å². The highest BCUT2D eigenvalue weighted by molar-refractivity contribution is 7.27. The zero-order valence-corrected chi connectivity index (χ0v) is 13.1. The minimum Gasteiger partial charge on any atom is -0.241 e. The first kappa shape index (κ1) is 13.4. The zero-order valence-electron chi connectivity index (χ0n) is 11.2. The second kappa shape index (κ2) is 4.94. The van der Waals surface area contributed by atoms with Crippen LogP contribution in [0, 0.1) is 5.82 Å². The van der Waals surface area contributed by atoms with Gasteiger partial charge in [0.15, 0.2) is 0 Å². The lowest BCUT2D eigenvalue weighted by atomic mass is 10.2. The summed E-state index contributed by atoms with van der Waals surface area (Å²) < 4.78 is 14.4. The van der Waals surface area contributed by atoms with E-state index in [1.54, 1.807) is 0 Å². The lowest BCUT2D eigenvalue weighted by molar-refractivity contribution is 0.628. The van der Waals surface area contributed by atoms with Gasteiger partial charge in [0, 0.05) is 10.1 Å². The third-order valence-electron chi connectivity index (χ3n) is 2.77. The minimum atomic E-state index is -1.41. The van der Waals surface area contributed by atoms with Crippen molar-refractivity contribution in [3.8, 4) is 11.3 Å². The highest BCUT2D eigenvalue weighted by atomic mass is 32.1. The molecular weight excluding hydrogens is 261 g/mol. The molecule has 0 unspecified atom stereocenters. The van der Waals surface area contributed by atoms with Crippen molar-refractivity contribution in [1.29, 1.82) is 0 Å². The van der Waals surface area contributed by atoms with Gasteiger partial charge in [-0.05, 0) is 30.7 Å². The summed E-state index contributed by atoms with van der Waals surface area (Å²) in [7, 11) is -1.41. The van der Waals surface area contributed by atoms with Crippen molar-refractivity contribution in [2.75, 3.05) is 0 Å². The third-order valence-corrected chi connectivity index (χ3v) is 7.53. The van der Waals surface area contributed by atoms with Gasteiger partial charge < -0.3 is 0 Å². The molecule has 0 N–H and O–H groups in total. The number of hydrogen-bond donors (Lipinski definition) is 0. The Bertz CT molecular complexity index is 540. The maximum absolute atomic E-state index is 13.0. The molecule has 0 spiro atoms. The molecule has 0 aliphatic heterocycles. The predicted octanol–water partition coefficient (Wildman–Crippen LogP) is 4.06. The fourth-order valence-corrected chi connectivity index (χ4v) is 5.09. The Labute approximate surface area is 113 Å². The van der Waals surface area contributed by atoms with Gasteiger partial charge in [-0.25, -0.2) is 9.37 Å². The summed E-state index contributed by atoms with van der Waals surface area (Å²) in [4.78, 5) is 4.73. The van der Waals surface area contributed by atoms with Gasteiger partial charge in [0.2, 0.25) is 0 Å². The molecule has 2 rings (SSSR count). The number of hydrogen-bond acceptors (Lipinski definition) is 2. The molecule has 0 aliphatic carbocycles. The Morgan fingerprint density at radius 3 is 2.28 bits per heavy atom. The number of rotatable bonds is 3. The van der Waals surface area contributed by atoms with Crippen LogP contribution in [-0.4, -0.2) is 13.1 Å². The maximum atomic E-state index is 13.0. The fraction of sp³-hybridized carbons (Fsp3) is 0.357. The SMILES string of the molecule is CCc1nc(-c2ccc(F)cc2)c([Si](C)(C)C)s1. The zero-order chi connectivity index (χ0) is 13.3. The summed E-state index contributed by atoms with van der Waals surface area (Å²) in [6.45, 7) is 9.11. The van der Waals surface area contributed by atoms with Gasteiger partial charge in [0.05, 0.1) is 18.8 Å². The standard InChI is InChI=1S/C14H18FNSSi/c1-5-12-16-13(14(17-12)18(2,3)4)10-6-8-11(15)9-7-10/h6-9H,5H2,1-4H3. The maximum Gasteiger partial charge on any atom is 0.123 e. The summed E-state index contributed by atoms with van der Waals surface area (Å²) in [5.41, 5.74) is 2.10. The molecule has 1 heterocycles. The fourth-order valence-electron chi connectivity index (χ4n) is 1.83. The average Bonchev–Trinajstić information content (AvgIpc) is 2.74. The van der Waals surface area contributed by atoms with E-state index in [2.05, 4.69) is 26.6 Å². The molecule has 0 aliphatic rings. The van der Waals surface area contributed by atoms with Gasteiger partial charge in [0.1, 0.15) is 5.82 Å².